The molecule has 4 heteroatoms. The molecular formula is C17H23BrFNO. The number of halogens is 2. The van der Waals surface area contributed by atoms with E-state index in [4.69, 9.17) is 0 Å². The molecule has 2 rings (SSSR count). The highest BCUT2D eigenvalue weighted by Gasteiger charge is 2.44. The summed E-state index contributed by atoms with van der Waals surface area (Å²) in [4.78, 5) is 15.2. The van der Waals surface area contributed by atoms with E-state index in [0.717, 1.165) is 44.3 Å². The molecule has 0 radical (unpaired) electrons. The molecule has 0 aliphatic heterocycles. The van der Waals surface area contributed by atoms with Gasteiger partial charge in [0.15, 0.2) is 5.78 Å². The van der Waals surface area contributed by atoms with Gasteiger partial charge in [0.2, 0.25) is 0 Å². The average molecular weight is 356 g/mol. The third-order valence-electron chi connectivity index (χ3n) is 4.61. The van der Waals surface area contributed by atoms with Gasteiger partial charge in [0.05, 0.1) is 5.54 Å². The average Bonchev–Trinajstić information content (AvgIpc) is 2.89. The second kappa shape index (κ2) is 7.01. The number of likely N-dealkylation sites (N-methyl/N-ethyl adjacent to an activating group) is 1. The van der Waals surface area contributed by atoms with Crippen molar-refractivity contribution in [3.05, 3.63) is 34.1 Å². The fourth-order valence-corrected chi connectivity index (χ4v) is 4.14. The normalized spacial score (nSPS) is 17.4. The van der Waals surface area contributed by atoms with Crippen LogP contribution >= 0.6 is 15.9 Å². The van der Waals surface area contributed by atoms with E-state index in [1.54, 1.807) is 0 Å². The molecule has 0 spiro atoms. The first kappa shape index (κ1) is 16.6. The molecule has 1 aliphatic carbocycles. The molecule has 0 unspecified atom stereocenters. The van der Waals surface area contributed by atoms with Crippen molar-refractivity contribution in [1.29, 1.82) is 0 Å². The van der Waals surface area contributed by atoms with Gasteiger partial charge in [0, 0.05) is 10.9 Å². The van der Waals surface area contributed by atoms with Crippen molar-refractivity contribution in [1.82, 2.24) is 4.90 Å². The first-order valence-electron chi connectivity index (χ1n) is 7.75. The maximum Gasteiger partial charge on any atom is 0.157 e. The number of Topliss-reactive ketones (excluding diaryl/α,β-unsaturated/α-hetero) is 1. The molecule has 1 fully saturated rings. The van der Waals surface area contributed by atoms with Gasteiger partial charge in [0.25, 0.3) is 0 Å². The molecule has 0 N–H and O–H groups in total. The summed E-state index contributed by atoms with van der Waals surface area (Å²) in [6, 6.07) is 4.73. The number of carbonyl (C=O) groups is 1. The summed E-state index contributed by atoms with van der Waals surface area (Å²) < 4.78 is 14.2. The van der Waals surface area contributed by atoms with E-state index in [-0.39, 0.29) is 17.1 Å². The van der Waals surface area contributed by atoms with Crippen molar-refractivity contribution >= 4 is 21.7 Å². The molecule has 116 valence electrons. The Bertz CT molecular complexity index is 487. The van der Waals surface area contributed by atoms with Gasteiger partial charge in [0.1, 0.15) is 5.82 Å². The second-order valence-corrected chi connectivity index (χ2v) is 6.70. The molecule has 2 nitrogen and oxygen atoms in total. The van der Waals surface area contributed by atoms with Crippen molar-refractivity contribution in [2.45, 2.75) is 51.5 Å². The fourth-order valence-electron chi connectivity index (χ4n) is 3.62. The molecule has 1 aliphatic rings. The Balaban J connectivity index is 2.23. The predicted octanol–water partition coefficient (Wildman–Crippen LogP) is 4.35. The second-order valence-electron chi connectivity index (χ2n) is 5.79. The number of ketones is 1. The van der Waals surface area contributed by atoms with E-state index in [1.165, 1.54) is 12.1 Å². The quantitative estimate of drug-likeness (QED) is 0.755. The van der Waals surface area contributed by atoms with Crippen LogP contribution in [-0.4, -0.2) is 29.3 Å². The van der Waals surface area contributed by atoms with E-state index in [2.05, 4.69) is 34.7 Å². The summed E-state index contributed by atoms with van der Waals surface area (Å²) >= 11 is 3.29. The predicted molar refractivity (Wildman–Crippen MR) is 86.9 cm³/mol. The lowest BCUT2D eigenvalue weighted by molar-refractivity contribution is -0.130. The zero-order valence-electron chi connectivity index (χ0n) is 12.8. The van der Waals surface area contributed by atoms with Crippen LogP contribution in [-0.2, 0) is 11.2 Å². The Hall–Kier alpha value is -0.740. The molecule has 1 aromatic rings. The molecule has 0 saturated heterocycles. The Morgan fingerprint density at radius 2 is 1.86 bits per heavy atom. The summed E-state index contributed by atoms with van der Waals surface area (Å²) in [7, 11) is 0. The van der Waals surface area contributed by atoms with Crippen LogP contribution in [0.25, 0.3) is 0 Å². The van der Waals surface area contributed by atoms with Crippen LogP contribution in [0.5, 0.6) is 0 Å². The summed E-state index contributed by atoms with van der Waals surface area (Å²) in [5.74, 6) is -0.0586. The van der Waals surface area contributed by atoms with Crippen molar-refractivity contribution < 1.29 is 9.18 Å². The molecule has 0 amide bonds. The summed E-state index contributed by atoms with van der Waals surface area (Å²) in [5.41, 5.74) is 0.424. The highest BCUT2D eigenvalue weighted by molar-refractivity contribution is 9.10. The molecule has 1 saturated carbocycles. The van der Waals surface area contributed by atoms with Crippen LogP contribution < -0.4 is 0 Å². The molecular weight excluding hydrogens is 333 g/mol. The number of nitrogens with zero attached hydrogens (tertiary/aromatic N) is 1. The lowest BCUT2D eigenvalue weighted by Gasteiger charge is -2.39. The van der Waals surface area contributed by atoms with E-state index in [1.807, 2.05) is 6.07 Å². The van der Waals surface area contributed by atoms with Crippen LogP contribution in [0.15, 0.2) is 22.7 Å². The van der Waals surface area contributed by atoms with Gasteiger partial charge >= 0.3 is 0 Å². The Morgan fingerprint density at radius 1 is 1.24 bits per heavy atom. The molecule has 1 aromatic carbocycles. The van der Waals surface area contributed by atoms with Crippen LogP contribution in [0.2, 0.25) is 0 Å². The minimum Gasteiger partial charge on any atom is -0.297 e. The van der Waals surface area contributed by atoms with Gasteiger partial charge in [-0.25, -0.2) is 4.39 Å². The monoisotopic (exact) mass is 355 g/mol. The maximum absolute atomic E-state index is 13.5. The Kier molecular flexibility index (Phi) is 5.55. The lowest BCUT2D eigenvalue weighted by atomic mass is 9.86. The zero-order valence-corrected chi connectivity index (χ0v) is 14.4. The molecule has 0 bridgehead atoms. The van der Waals surface area contributed by atoms with Gasteiger partial charge in [-0.3, -0.25) is 9.69 Å². The van der Waals surface area contributed by atoms with E-state index >= 15 is 0 Å². The van der Waals surface area contributed by atoms with Crippen LogP contribution in [0.4, 0.5) is 4.39 Å². The van der Waals surface area contributed by atoms with E-state index < -0.39 is 0 Å². The number of benzene rings is 1. The van der Waals surface area contributed by atoms with E-state index in [9.17, 15) is 9.18 Å². The maximum atomic E-state index is 13.5. The van der Waals surface area contributed by atoms with Crippen molar-refractivity contribution in [2.75, 3.05) is 13.1 Å². The SMILES string of the molecule is CCN(CC)C1(C(=O)Cc2cc(F)cc(Br)c2)CCCC1. The smallest absolute Gasteiger partial charge is 0.157 e. The standard InChI is InChI=1S/C17H23BrFNO/c1-3-20(4-2)17(7-5-6-8-17)16(21)11-13-9-14(18)12-15(19)10-13/h9-10,12H,3-8,11H2,1-2H3. The van der Waals surface area contributed by atoms with Crippen LogP contribution in [0, 0.1) is 5.82 Å². The van der Waals surface area contributed by atoms with Gasteiger partial charge in [-0.2, -0.15) is 0 Å². The number of carbonyl (C=O) groups excluding carboxylic acids is 1. The third-order valence-corrected chi connectivity index (χ3v) is 5.06. The van der Waals surface area contributed by atoms with Crippen molar-refractivity contribution in [3.63, 3.8) is 0 Å². The van der Waals surface area contributed by atoms with Crippen molar-refractivity contribution in [3.8, 4) is 0 Å². The number of hydrogen-bond donors (Lipinski definition) is 0. The third kappa shape index (κ3) is 3.54. The van der Waals surface area contributed by atoms with E-state index in [0.29, 0.717) is 10.9 Å². The topological polar surface area (TPSA) is 20.3 Å². The summed E-state index contributed by atoms with van der Waals surface area (Å²) in [5, 5.41) is 0. The molecule has 21 heavy (non-hydrogen) atoms. The minimum absolute atomic E-state index is 0.237. The first-order chi connectivity index (χ1) is 10.0. The number of hydrogen-bond acceptors (Lipinski definition) is 2. The summed E-state index contributed by atoms with van der Waals surface area (Å²) in [6.45, 7) is 5.98. The van der Waals surface area contributed by atoms with Gasteiger partial charge in [-0.05, 0) is 49.7 Å². The van der Waals surface area contributed by atoms with Gasteiger partial charge < -0.3 is 0 Å². The Morgan fingerprint density at radius 3 is 2.38 bits per heavy atom. The number of rotatable bonds is 6. The molecule has 0 aromatic heterocycles. The summed E-state index contributed by atoms with van der Waals surface area (Å²) in [6.07, 6.45) is 4.39. The Labute approximate surface area is 134 Å². The molecule has 0 heterocycles. The minimum atomic E-state index is -0.331. The zero-order chi connectivity index (χ0) is 15.5. The van der Waals surface area contributed by atoms with Crippen LogP contribution in [0.1, 0.15) is 45.1 Å². The van der Waals surface area contributed by atoms with Gasteiger partial charge in [-0.15, -0.1) is 0 Å². The van der Waals surface area contributed by atoms with Crippen LogP contribution in [0.3, 0.4) is 0 Å². The largest absolute Gasteiger partial charge is 0.297 e. The van der Waals surface area contributed by atoms with Crippen molar-refractivity contribution in [2.24, 2.45) is 0 Å². The highest BCUT2D eigenvalue weighted by Crippen LogP contribution is 2.37. The fraction of sp³-hybridized carbons (Fsp3) is 0.588. The molecule has 0 atom stereocenters. The first-order valence-corrected chi connectivity index (χ1v) is 8.54. The van der Waals surface area contributed by atoms with Gasteiger partial charge in [-0.1, -0.05) is 42.6 Å². The highest BCUT2D eigenvalue weighted by atomic mass is 79.9. The lowest BCUT2D eigenvalue weighted by Crippen LogP contribution is -2.53.